The monoisotopic (exact) mass is 269 g/mol. The molecule has 8 nitrogen and oxygen atoms in total. The number of hydrogen-bond donors (Lipinski definition) is 2. The number of rotatable bonds is 3. The van der Waals surface area contributed by atoms with E-state index in [1.807, 2.05) is 0 Å². The lowest BCUT2D eigenvalue weighted by atomic mass is 10.3. The maximum absolute atomic E-state index is 11.2. The molecular weight excluding hydrogens is 258 g/mol. The molecule has 0 saturated carbocycles. The third-order valence-corrected chi connectivity index (χ3v) is 3.06. The van der Waals surface area contributed by atoms with Crippen molar-refractivity contribution in [1.82, 2.24) is 14.8 Å². The Labute approximate surface area is 103 Å². The summed E-state index contributed by atoms with van der Waals surface area (Å²) in [6, 6.07) is 4.17. The number of nitrogens with zero attached hydrogens (tertiary/aromatic N) is 3. The van der Waals surface area contributed by atoms with Crippen molar-refractivity contribution in [2.75, 3.05) is 5.73 Å². The number of ether oxygens (including phenoxy) is 1. The van der Waals surface area contributed by atoms with Crippen LogP contribution in [0.25, 0.3) is 0 Å². The van der Waals surface area contributed by atoms with Gasteiger partial charge in [-0.05, 0) is 12.1 Å². The summed E-state index contributed by atoms with van der Waals surface area (Å²) in [5.74, 6) is 0.325. The van der Waals surface area contributed by atoms with Crippen LogP contribution in [0.4, 0.5) is 5.69 Å². The Kier molecular flexibility index (Phi) is 2.93. The van der Waals surface area contributed by atoms with E-state index < -0.39 is 10.0 Å². The Morgan fingerprint density at radius 2 is 2.11 bits per heavy atom. The lowest BCUT2D eigenvalue weighted by Gasteiger charge is -2.05. The van der Waals surface area contributed by atoms with Crippen LogP contribution in [0.3, 0.4) is 0 Å². The van der Waals surface area contributed by atoms with Gasteiger partial charge in [0.05, 0.1) is 5.69 Å². The van der Waals surface area contributed by atoms with E-state index in [-0.39, 0.29) is 16.6 Å². The van der Waals surface area contributed by atoms with Gasteiger partial charge < -0.3 is 10.5 Å². The van der Waals surface area contributed by atoms with E-state index in [0.29, 0.717) is 5.75 Å². The number of aryl methyl sites for hydroxylation is 1. The van der Waals surface area contributed by atoms with Crippen LogP contribution in [0.2, 0.25) is 0 Å². The average molecular weight is 269 g/mol. The quantitative estimate of drug-likeness (QED) is 0.745. The van der Waals surface area contributed by atoms with Gasteiger partial charge in [0.25, 0.3) is 0 Å². The molecule has 1 aromatic heterocycles. The molecule has 2 rings (SSSR count). The summed E-state index contributed by atoms with van der Waals surface area (Å²) in [5.41, 5.74) is 5.59. The van der Waals surface area contributed by atoms with Crippen LogP contribution < -0.4 is 15.6 Å². The number of nitrogens with two attached hydrogens (primary N) is 2. The fourth-order valence-electron chi connectivity index (χ4n) is 1.32. The minimum absolute atomic E-state index is 0.00549. The highest BCUT2D eigenvalue weighted by molar-refractivity contribution is 7.89. The Bertz CT molecular complexity index is 679. The van der Waals surface area contributed by atoms with Crippen molar-refractivity contribution in [3.63, 3.8) is 0 Å². The Morgan fingerprint density at radius 1 is 1.39 bits per heavy atom. The molecule has 0 aliphatic heterocycles. The molecule has 9 heteroatoms. The molecular formula is C9H11N5O3S. The molecule has 0 atom stereocenters. The maximum atomic E-state index is 11.2. The van der Waals surface area contributed by atoms with E-state index in [1.54, 1.807) is 7.05 Å². The predicted molar refractivity (Wildman–Crippen MR) is 63.3 cm³/mol. The van der Waals surface area contributed by atoms with Crippen molar-refractivity contribution in [2.24, 2.45) is 12.2 Å². The number of primary sulfonamides is 1. The highest BCUT2D eigenvalue weighted by Gasteiger charge is 2.13. The third kappa shape index (κ3) is 2.57. The summed E-state index contributed by atoms with van der Waals surface area (Å²) in [6.07, 6.45) is 1.47. The molecule has 0 fully saturated rings. The second-order valence-electron chi connectivity index (χ2n) is 3.55. The molecule has 0 saturated heterocycles. The van der Waals surface area contributed by atoms with Crippen LogP contribution in [0.5, 0.6) is 11.8 Å². The van der Waals surface area contributed by atoms with Crippen LogP contribution in [0, 0.1) is 0 Å². The van der Waals surface area contributed by atoms with Gasteiger partial charge in [-0.1, -0.05) is 0 Å². The van der Waals surface area contributed by atoms with Crippen molar-refractivity contribution >= 4 is 15.7 Å². The van der Waals surface area contributed by atoms with Gasteiger partial charge >= 0.3 is 6.01 Å². The highest BCUT2D eigenvalue weighted by atomic mass is 32.2. The second kappa shape index (κ2) is 4.27. The van der Waals surface area contributed by atoms with Gasteiger partial charge in [-0.2, -0.15) is 4.98 Å². The molecule has 1 heterocycles. The molecule has 0 unspecified atom stereocenters. The first-order valence-corrected chi connectivity index (χ1v) is 6.37. The first kappa shape index (κ1) is 12.3. The van der Waals surface area contributed by atoms with Crippen LogP contribution in [0.15, 0.2) is 29.4 Å². The third-order valence-electron chi connectivity index (χ3n) is 2.08. The first-order chi connectivity index (χ1) is 8.36. The number of aromatic nitrogens is 3. The minimum Gasteiger partial charge on any atom is -0.423 e. The molecule has 2 aromatic rings. The van der Waals surface area contributed by atoms with Gasteiger partial charge in [0, 0.05) is 13.1 Å². The van der Waals surface area contributed by atoms with Gasteiger partial charge in [-0.3, -0.25) is 4.68 Å². The molecule has 0 radical (unpaired) electrons. The zero-order valence-corrected chi connectivity index (χ0v) is 10.3. The van der Waals surface area contributed by atoms with Gasteiger partial charge in [-0.15, -0.1) is 5.10 Å². The summed E-state index contributed by atoms with van der Waals surface area (Å²) in [4.78, 5) is 3.71. The van der Waals surface area contributed by atoms with Gasteiger partial charge in [0.1, 0.15) is 17.0 Å². The fraction of sp³-hybridized carbons (Fsp3) is 0.111. The Morgan fingerprint density at radius 3 is 2.61 bits per heavy atom. The van der Waals surface area contributed by atoms with Crippen molar-refractivity contribution in [1.29, 1.82) is 0 Å². The number of nitrogen functional groups attached to an aromatic ring is 1. The number of benzene rings is 1. The van der Waals surface area contributed by atoms with Crippen LogP contribution in [0.1, 0.15) is 0 Å². The Balaban J connectivity index is 2.30. The van der Waals surface area contributed by atoms with Gasteiger partial charge in [0.2, 0.25) is 10.0 Å². The highest BCUT2D eigenvalue weighted by Crippen LogP contribution is 2.25. The fourth-order valence-corrected chi connectivity index (χ4v) is 1.97. The Hall–Kier alpha value is -2.13. The number of sulfonamides is 1. The lowest BCUT2D eigenvalue weighted by molar-refractivity contribution is 0.439. The van der Waals surface area contributed by atoms with E-state index >= 15 is 0 Å². The minimum atomic E-state index is -3.83. The van der Waals surface area contributed by atoms with Crippen molar-refractivity contribution in [2.45, 2.75) is 4.90 Å². The van der Waals surface area contributed by atoms with E-state index in [0.717, 1.165) is 0 Å². The maximum Gasteiger partial charge on any atom is 0.340 e. The zero-order valence-electron chi connectivity index (χ0n) is 9.44. The lowest BCUT2D eigenvalue weighted by Crippen LogP contribution is -2.14. The van der Waals surface area contributed by atoms with E-state index in [1.165, 1.54) is 29.2 Å². The average Bonchev–Trinajstić information content (AvgIpc) is 2.62. The summed E-state index contributed by atoms with van der Waals surface area (Å²) in [7, 11) is -2.14. The smallest absolute Gasteiger partial charge is 0.340 e. The normalized spacial score (nSPS) is 11.4. The number of hydrogen-bond acceptors (Lipinski definition) is 6. The zero-order chi connectivity index (χ0) is 13.3. The molecule has 0 aliphatic rings. The summed E-state index contributed by atoms with van der Waals surface area (Å²) in [5, 5.41) is 8.89. The van der Waals surface area contributed by atoms with E-state index in [9.17, 15) is 8.42 Å². The summed E-state index contributed by atoms with van der Waals surface area (Å²) >= 11 is 0. The van der Waals surface area contributed by atoms with Crippen LogP contribution >= 0.6 is 0 Å². The standard InChI is InChI=1S/C9H11N5O3S/c1-14-5-12-9(13-14)17-6-2-3-8(7(10)4-6)18(11,15)16/h2-5H,10H2,1H3,(H2,11,15,16). The largest absolute Gasteiger partial charge is 0.423 e. The topological polar surface area (TPSA) is 126 Å². The molecule has 0 bridgehead atoms. The van der Waals surface area contributed by atoms with Gasteiger partial charge in [0.15, 0.2) is 0 Å². The van der Waals surface area contributed by atoms with E-state index in [2.05, 4.69) is 10.1 Å². The summed E-state index contributed by atoms with van der Waals surface area (Å²) in [6.45, 7) is 0. The van der Waals surface area contributed by atoms with Crippen molar-refractivity contribution in [3.05, 3.63) is 24.5 Å². The van der Waals surface area contributed by atoms with Crippen LogP contribution in [-0.2, 0) is 17.1 Å². The molecule has 18 heavy (non-hydrogen) atoms. The summed E-state index contributed by atoms with van der Waals surface area (Å²) < 4.78 is 29.1. The molecule has 1 aromatic carbocycles. The molecule has 0 spiro atoms. The molecule has 0 amide bonds. The predicted octanol–water partition coefficient (Wildman–Crippen LogP) is -0.163. The van der Waals surface area contributed by atoms with Crippen LogP contribution in [-0.4, -0.2) is 23.2 Å². The van der Waals surface area contributed by atoms with Crippen molar-refractivity contribution in [3.8, 4) is 11.8 Å². The molecule has 0 aliphatic carbocycles. The van der Waals surface area contributed by atoms with E-state index in [4.69, 9.17) is 15.6 Å². The first-order valence-electron chi connectivity index (χ1n) is 4.82. The molecule has 4 N–H and O–H groups in total. The number of anilines is 1. The van der Waals surface area contributed by atoms with Crippen molar-refractivity contribution < 1.29 is 13.2 Å². The van der Waals surface area contributed by atoms with Gasteiger partial charge in [-0.25, -0.2) is 13.6 Å². The second-order valence-corrected chi connectivity index (χ2v) is 5.08. The molecule has 96 valence electrons. The SMILES string of the molecule is Cn1cnc(Oc2ccc(S(N)(=O)=O)c(N)c2)n1.